The number of rotatable bonds is 8. The van der Waals surface area contributed by atoms with E-state index in [1.54, 1.807) is 0 Å². The van der Waals surface area contributed by atoms with E-state index in [1.807, 2.05) is 18.2 Å². The van der Waals surface area contributed by atoms with Gasteiger partial charge in [0.2, 0.25) is 0 Å². The third kappa shape index (κ3) is 4.53. The molecule has 4 rings (SSSR count). The van der Waals surface area contributed by atoms with Gasteiger partial charge in [-0.1, -0.05) is 39.3 Å². The number of aromatic amines is 1. The number of hydrogen-bond donors (Lipinski definition) is 2. The Hall–Kier alpha value is -2.75. The summed E-state index contributed by atoms with van der Waals surface area (Å²) < 4.78 is 5.52. The van der Waals surface area contributed by atoms with Crippen LogP contribution in [0.4, 0.5) is 0 Å². The van der Waals surface area contributed by atoms with Crippen LogP contribution in [0.15, 0.2) is 42.6 Å². The maximum atomic E-state index is 12.5. The van der Waals surface area contributed by atoms with Crippen molar-refractivity contribution < 1.29 is 9.53 Å². The van der Waals surface area contributed by atoms with Gasteiger partial charge < -0.3 is 15.0 Å². The van der Waals surface area contributed by atoms with Gasteiger partial charge in [-0.15, -0.1) is 0 Å². The molecule has 0 bridgehead atoms. The van der Waals surface area contributed by atoms with E-state index in [2.05, 4.69) is 55.5 Å². The first-order chi connectivity index (χ1) is 14.5. The summed E-state index contributed by atoms with van der Waals surface area (Å²) in [5.41, 5.74) is 5.65. The lowest BCUT2D eigenvalue weighted by atomic mass is 9.92. The largest absolute Gasteiger partial charge is 0.493 e. The lowest BCUT2D eigenvalue weighted by Gasteiger charge is -2.13. The fraction of sp³-hybridized carbons (Fsp3) is 0.423. The number of hydrogen-bond acceptors (Lipinski definition) is 2. The standard InChI is InChI=1S/C26H32N2O2/c1-17(2)4-5-18(3)19-6-8-23-22(16-28-24(23)15-19)10-12-27-26(29)21-7-9-25-20(14-21)11-13-30-25/h6-9,14-18,28H,4-5,10-13H2,1-3H3,(H,27,29). The van der Waals surface area contributed by atoms with Crippen LogP contribution >= 0.6 is 0 Å². The fourth-order valence-corrected chi connectivity index (χ4v) is 4.21. The average Bonchev–Trinajstić information content (AvgIpc) is 3.37. The summed E-state index contributed by atoms with van der Waals surface area (Å²) in [5, 5.41) is 4.31. The van der Waals surface area contributed by atoms with Gasteiger partial charge in [0.1, 0.15) is 5.75 Å². The maximum absolute atomic E-state index is 12.5. The van der Waals surface area contributed by atoms with Crippen LogP contribution in [0.5, 0.6) is 5.75 Å². The van der Waals surface area contributed by atoms with Crippen molar-refractivity contribution in [3.8, 4) is 5.75 Å². The molecule has 2 heterocycles. The second-order valence-electron chi connectivity index (χ2n) is 8.92. The number of nitrogens with one attached hydrogen (secondary N) is 2. The van der Waals surface area contributed by atoms with Crippen molar-refractivity contribution in [2.24, 2.45) is 5.92 Å². The summed E-state index contributed by atoms with van der Waals surface area (Å²) in [6.45, 7) is 8.20. The molecule has 30 heavy (non-hydrogen) atoms. The Morgan fingerprint density at radius 3 is 2.83 bits per heavy atom. The number of H-pyrrole nitrogens is 1. The van der Waals surface area contributed by atoms with Gasteiger partial charge in [-0.2, -0.15) is 0 Å². The molecular formula is C26H32N2O2. The molecule has 158 valence electrons. The Morgan fingerprint density at radius 2 is 2.00 bits per heavy atom. The minimum atomic E-state index is -0.0224. The van der Waals surface area contributed by atoms with Gasteiger partial charge in [0.05, 0.1) is 6.61 Å². The van der Waals surface area contributed by atoms with Gasteiger partial charge >= 0.3 is 0 Å². The molecule has 1 aliphatic rings. The third-order valence-corrected chi connectivity index (χ3v) is 6.17. The molecular weight excluding hydrogens is 372 g/mol. The monoisotopic (exact) mass is 404 g/mol. The molecule has 1 amide bonds. The minimum absolute atomic E-state index is 0.0224. The summed E-state index contributed by atoms with van der Waals surface area (Å²) in [6.07, 6.45) is 6.24. The maximum Gasteiger partial charge on any atom is 0.251 e. The summed E-state index contributed by atoms with van der Waals surface area (Å²) in [4.78, 5) is 15.9. The first kappa shape index (κ1) is 20.5. The van der Waals surface area contributed by atoms with Crippen molar-refractivity contribution in [3.05, 3.63) is 64.8 Å². The van der Waals surface area contributed by atoms with Crippen molar-refractivity contribution >= 4 is 16.8 Å². The molecule has 1 aromatic heterocycles. The van der Waals surface area contributed by atoms with Gasteiger partial charge in [-0.05, 0) is 65.6 Å². The summed E-state index contributed by atoms with van der Waals surface area (Å²) in [5.74, 6) is 2.20. The molecule has 2 N–H and O–H groups in total. The summed E-state index contributed by atoms with van der Waals surface area (Å²) in [6, 6.07) is 12.5. The van der Waals surface area contributed by atoms with Crippen LogP contribution in [0, 0.1) is 5.92 Å². The average molecular weight is 405 g/mol. The van der Waals surface area contributed by atoms with Gasteiger partial charge in [0.15, 0.2) is 0 Å². The van der Waals surface area contributed by atoms with E-state index >= 15 is 0 Å². The van der Waals surface area contributed by atoms with Crippen LogP contribution in [0.3, 0.4) is 0 Å². The molecule has 4 heteroatoms. The number of aromatic nitrogens is 1. The second kappa shape index (κ2) is 8.95. The second-order valence-corrected chi connectivity index (χ2v) is 8.92. The van der Waals surface area contributed by atoms with Crippen molar-refractivity contribution in [1.29, 1.82) is 0 Å². The highest BCUT2D eigenvalue weighted by Gasteiger charge is 2.15. The van der Waals surface area contributed by atoms with Crippen molar-refractivity contribution in [2.45, 2.75) is 52.4 Å². The van der Waals surface area contributed by atoms with Crippen LogP contribution in [0.25, 0.3) is 10.9 Å². The Morgan fingerprint density at radius 1 is 1.13 bits per heavy atom. The predicted molar refractivity (Wildman–Crippen MR) is 122 cm³/mol. The Bertz CT molecular complexity index is 1030. The van der Waals surface area contributed by atoms with Gasteiger partial charge in [-0.25, -0.2) is 0 Å². The van der Waals surface area contributed by atoms with E-state index in [0.29, 0.717) is 24.6 Å². The first-order valence-electron chi connectivity index (χ1n) is 11.1. The van der Waals surface area contributed by atoms with Crippen molar-refractivity contribution in [2.75, 3.05) is 13.2 Å². The highest BCUT2D eigenvalue weighted by molar-refractivity contribution is 5.94. The molecule has 4 nitrogen and oxygen atoms in total. The lowest BCUT2D eigenvalue weighted by Crippen LogP contribution is -2.25. The van der Waals surface area contributed by atoms with Gasteiger partial charge in [0.25, 0.3) is 5.91 Å². The molecule has 0 saturated carbocycles. The SMILES string of the molecule is CC(C)CCC(C)c1ccc2c(CCNC(=O)c3ccc4c(c3)CCO4)c[nH]c2c1. The molecule has 1 unspecified atom stereocenters. The van der Waals surface area contributed by atoms with Gasteiger partial charge in [0, 0.05) is 35.6 Å². The van der Waals surface area contributed by atoms with E-state index in [-0.39, 0.29) is 5.91 Å². The van der Waals surface area contributed by atoms with E-state index in [1.165, 1.54) is 34.9 Å². The Balaban J connectivity index is 1.35. The quantitative estimate of drug-likeness (QED) is 0.512. The van der Waals surface area contributed by atoms with Crippen LogP contribution in [-0.4, -0.2) is 24.0 Å². The van der Waals surface area contributed by atoms with Crippen molar-refractivity contribution in [3.63, 3.8) is 0 Å². The molecule has 1 aliphatic heterocycles. The zero-order valence-corrected chi connectivity index (χ0v) is 18.3. The molecule has 0 radical (unpaired) electrons. The molecule has 0 fully saturated rings. The van der Waals surface area contributed by atoms with E-state index < -0.39 is 0 Å². The topological polar surface area (TPSA) is 54.1 Å². The molecule has 0 aliphatic carbocycles. The summed E-state index contributed by atoms with van der Waals surface area (Å²) in [7, 11) is 0. The van der Waals surface area contributed by atoms with E-state index in [0.717, 1.165) is 30.1 Å². The number of fused-ring (bicyclic) bond motifs is 2. The Labute approximate surface area is 179 Å². The molecule has 3 aromatic rings. The van der Waals surface area contributed by atoms with Crippen LogP contribution < -0.4 is 10.1 Å². The van der Waals surface area contributed by atoms with Crippen LogP contribution in [0.2, 0.25) is 0 Å². The van der Waals surface area contributed by atoms with E-state index in [9.17, 15) is 4.79 Å². The summed E-state index contributed by atoms with van der Waals surface area (Å²) >= 11 is 0. The molecule has 0 saturated heterocycles. The lowest BCUT2D eigenvalue weighted by molar-refractivity contribution is 0.0954. The number of ether oxygens (including phenoxy) is 1. The highest BCUT2D eigenvalue weighted by atomic mass is 16.5. The zero-order chi connectivity index (χ0) is 21.1. The van der Waals surface area contributed by atoms with Gasteiger partial charge in [-0.3, -0.25) is 4.79 Å². The molecule has 2 aromatic carbocycles. The number of amides is 1. The number of benzene rings is 2. The third-order valence-electron chi connectivity index (χ3n) is 6.17. The number of carbonyl (C=O) groups is 1. The van der Waals surface area contributed by atoms with Crippen molar-refractivity contribution in [1.82, 2.24) is 10.3 Å². The van der Waals surface area contributed by atoms with Crippen LogP contribution in [-0.2, 0) is 12.8 Å². The first-order valence-corrected chi connectivity index (χ1v) is 11.1. The smallest absolute Gasteiger partial charge is 0.251 e. The molecule has 1 atom stereocenters. The highest BCUT2D eigenvalue weighted by Crippen LogP contribution is 2.28. The fourth-order valence-electron chi connectivity index (χ4n) is 4.21. The number of carbonyl (C=O) groups excluding carboxylic acids is 1. The zero-order valence-electron chi connectivity index (χ0n) is 18.3. The Kier molecular flexibility index (Phi) is 6.12. The predicted octanol–water partition coefficient (Wildman–Crippen LogP) is 5.62. The van der Waals surface area contributed by atoms with E-state index in [4.69, 9.17) is 4.74 Å². The molecule has 0 spiro atoms. The van der Waals surface area contributed by atoms with Crippen LogP contribution in [0.1, 0.15) is 66.6 Å². The minimum Gasteiger partial charge on any atom is -0.493 e. The normalized spacial score (nSPS) is 14.0.